The first-order chi connectivity index (χ1) is 18.9. The highest BCUT2D eigenvalue weighted by atomic mass is 35.5. The summed E-state index contributed by atoms with van der Waals surface area (Å²) < 4.78 is 5.49. The van der Waals surface area contributed by atoms with Gasteiger partial charge in [-0.1, -0.05) is 61.9 Å². The minimum Gasteiger partial charge on any atom is -0.467 e. The molecule has 3 aliphatic rings. The molecule has 2 aliphatic carbocycles. The number of thiophene rings is 1. The van der Waals surface area contributed by atoms with Crippen LogP contribution in [0.15, 0.2) is 46.8 Å². The van der Waals surface area contributed by atoms with Crippen LogP contribution in [0.25, 0.3) is 0 Å². The second-order valence-electron chi connectivity index (χ2n) is 12.2. The Morgan fingerprint density at radius 2 is 1.82 bits per heavy atom. The van der Waals surface area contributed by atoms with E-state index in [2.05, 4.69) is 41.4 Å². The van der Waals surface area contributed by atoms with Crippen molar-refractivity contribution in [3.05, 3.63) is 57.2 Å². The molecule has 2 aromatic rings. The van der Waals surface area contributed by atoms with E-state index in [4.69, 9.17) is 21.3 Å². The average molecular weight is 570 g/mol. The lowest BCUT2D eigenvalue weighted by molar-refractivity contribution is -0.149. The van der Waals surface area contributed by atoms with E-state index in [0.29, 0.717) is 35.4 Å². The van der Waals surface area contributed by atoms with Crippen molar-refractivity contribution in [2.45, 2.75) is 94.3 Å². The first-order valence-corrected chi connectivity index (χ1v) is 16.0. The van der Waals surface area contributed by atoms with Crippen molar-refractivity contribution in [3.8, 4) is 0 Å². The Kier molecular flexibility index (Phi) is 9.35. The van der Waals surface area contributed by atoms with E-state index >= 15 is 0 Å². The first-order valence-electron chi connectivity index (χ1n) is 14.8. The molecule has 39 heavy (non-hydrogen) atoms. The van der Waals surface area contributed by atoms with Crippen LogP contribution in [0.5, 0.6) is 0 Å². The summed E-state index contributed by atoms with van der Waals surface area (Å²) in [6.45, 7) is 0. The monoisotopic (exact) mass is 569 g/mol. The molecular formula is C32H44ClN3O2S. The number of rotatable bonds is 9. The second-order valence-corrected chi connectivity index (χ2v) is 13.6. The van der Waals surface area contributed by atoms with Gasteiger partial charge < -0.3 is 14.5 Å². The van der Waals surface area contributed by atoms with E-state index in [0.717, 1.165) is 12.0 Å². The molecule has 0 spiro atoms. The van der Waals surface area contributed by atoms with E-state index in [9.17, 15) is 4.79 Å². The highest BCUT2D eigenvalue weighted by Gasteiger charge is 2.54. The van der Waals surface area contributed by atoms with Gasteiger partial charge in [-0.2, -0.15) is 0 Å². The predicted octanol–water partition coefficient (Wildman–Crippen LogP) is 7.40. The van der Waals surface area contributed by atoms with Gasteiger partial charge >= 0.3 is 5.97 Å². The van der Waals surface area contributed by atoms with Crippen LogP contribution in [0.2, 0.25) is 5.02 Å². The van der Waals surface area contributed by atoms with Gasteiger partial charge in [-0.15, -0.1) is 11.3 Å². The molecule has 2 heterocycles. The number of carbonyl (C=O) groups excluding carboxylic acids is 1. The molecule has 0 radical (unpaired) electrons. The van der Waals surface area contributed by atoms with Gasteiger partial charge in [-0.3, -0.25) is 4.99 Å². The lowest BCUT2D eigenvalue weighted by atomic mass is 9.72. The zero-order valence-corrected chi connectivity index (χ0v) is 25.3. The van der Waals surface area contributed by atoms with Gasteiger partial charge in [0.25, 0.3) is 0 Å². The molecule has 5 nitrogen and oxygen atoms in total. The molecule has 212 valence electrons. The third-order valence-electron chi connectivity index (χ3n) is 9.54. The molecule has 0 N–H and O–H groups in total. The molecule has 0 saturated heterocycles. The van der Waals surface area contributed by atoms with Gasteiger partial charge in [-0.25, -0.2) is 4.79 Å². The predicted molar refractivity (Wildman–Crippen MR) is 162 cm³/mol. The number of aliphatic imine (C=N–C) groups is 1. The smallest absolute Gasteiger partial charge is 0.336 e. The topological polar surface area (TPSA) is 45.1 Å². The Morgan fingerprint density at radius 1 is 1.10 bits per heavy atom. The van der Waals surface area contributed by atoms with Gasteiger partial charge in [0, 0.05) is 28.4 Å². The van der Waals surface area contributed by atoms with Gasteiger partial charge in [0.05, 0.1) is 19.5 Å². The summed E-state index contributed by atoms with van der Waals surface area (Å²) in [5.41, 5.74) is 0.158. The summed E-state index contributed by atoms with van der Waals surface area (Å²) in [5, 5.41) is 2.90. The third-order valence-corrected chi connectivity index (χ3v) is 10.7. The summed E-state index contributed by atoms with van der Waals surface area (Å²) in [7, 11) is 5.95. The maximum absolute atomic E-state index is 13.6. The molecule has 1 aromatic carbocycles. The summed E-state index contributed by atoms with van der Waals surface area (Å²) in [6, 6.07) is 13.3. The largest absolute Gasteiger partial charge is 0.467 e. The van der Waals surface area contributed by atoms with Crippen LogP contribution in [-0.4, -0.2) is 60.9 Å². The quantitative estimate of drug-likeness (QED) is 0.295. The Hall–Kier alpha value is -1.89. The lowest BCUT2D eigenvalue weighted by Gasteiger charge is -2.43. The number of methoxy groups -OCH3 is 1. The fourth-order valence-corrected chi connectivity index (χ4v) is 8.71. The molecule has 5 rings (SSSR count). The molecule has 0 amide bonds. The molecule has 2 saturated carbocycles. The number of ether oxygens (including phenoxy) is 1. The van der Waals surface area contributed by atoms with E-state index < -0.39 is 5.54 Å². The minimum absolute atomic E-state index is 0.0206. The van der Waals surface area contributed by atoms with Crippen LogP contribution in [0.3, 0.4) is 0 Å². The number of esters is 1. The van der Waals surface area contributed by atoms with Crippen molar-refractivity contribution in [2.24, 2.45) is 16.8 Å². The molecular weight excluding hydrogens is 526 g/mol. The lowest BCUT2D eigenvalue weighted by Crippen LogP contribution is -2.56. The summed E-state index contributed by atoms with van der Waals surface area (Å²) in [5.74, 6) is 1.04. The molecule has 1 aromatic heterocycles. The van der Waals surface area contributed by atoms with Crippen molar-refractivity contribution in [2.75, 3.05) is 21.2 Å². The van der Waals surface area contributed by atoms with Gasteiger partial charge in [0.2, 0.25) is 0 Å². The zero-order valence-electron chi connectivity index (χ0n) is 23.7. The van der Waals surface area contributed by atoms with Gasteiger partial charge in [0.15, 0.2) is 5.54 Å². The summed E-state index contributed by atoms with van der Waals surface area (Å²) >= 11 is 8.07. The number of nitrogens with zero attached hydrogens (tertiary/aromatic N) is 3. The number of halogens is 1. The van der Waals surface area contributed by atoms with Crippen LogP contribution in [0, 0.1) is 11.8 Å². The fourth-order valence-electron chi connectivity index (χ4n) is 7.57. The van der Waals surface area contributed by atoms with Crippen molar-refractivity contribution >= 4 is 35.2 Å². The SMILES string of the molecule is COC(=O)C1(Cc2ccc(Cl)cc2)N=CN(C2CCCCC2)C1CC1CCC(C(c2cccs2)N(C)C)CC1. The van der Waals surface area contributed by atoms with Crippen LogP contribution in [0.4, 0.5) is 0 Å². The second kappa shape index (κ2) is 12.7. The van der Waals surface area contributed by atoms with Crippen LogP contribution >= 0.6 is 22.9 Å². The van der Waals surface area contributed by atoms with E-state index in [-0.39, 0.29) is 12.0 Å². The van der Waals surface area contributed by atoms with E-state index in [1.165, 1.54) is 69.8 Å². The molecule has 7 heteroatoms. The molecule has 3 atom stereocenters. The van der Waals surface area contributed by atoms with Gasteiger partial charge in [-0.05, 0) is 87.2 Å². The number of benzene rings is 1. The average Bonchev–Trinajstić information content (AvgIpc) is 3.60. The normalized spacial score (nSPS) is 28.6. The first kappa shape index (κ1) is 28.6. The Morgan fingerprint density at radius 3 is 2.44 bits per heavy atom. The van der Waals surface area contributed by atoms with Crippen molar-refractivity contribution in [1.82, 2.24) is 9.80 Å². The van der Waals surface area contributed by atoms with Crippen LogP contribution in [0.1, 0.15) is 80.7 Å². The third kappa shape index (κ3) is 6.23. The number of hydrogen-bond acceptors (Lipinski definition) is 6. The van der Waals surface area contributed by atoms with Crippen molar-refractivity contribution < 1.29 is 9.53 Å². The van der Waals surface area contributed by atoms with E-state index in [1.54, 1.807) is 0 Å². The molecule has 3 unspecified atom stereocenters. The molecule has 1 aliphatic heterocycles. The van der Waals surface area contributed by atoms with Crippen LogP contribution < -0.4 is 0 Å². The Bertz CT molecular complexity index is 1090. The van der Waals surface area contributed by atoms with Gasteiger partial charge in [0.1, 0.15) is 0 Å². The molecule has 2 fully saturated rings. The Labute approximate surface area is 243 Å². The molecule has 0 bridgehead atoms. The van der Waals surface area contributed by atoms with Crippen LogP contribution in [-0.2, 0) is 16.0 Å². The number of hydrogen-bond donors (Lipinski definition) is 0. The standard InChI is InChI=1S/C32H44ClN3O2S/c1-35(2)30(28-10-7-19-39-28)25-15-11-23(12-16-25)20-29-32(31(37)38-3,21-24-13-17-26(33)18-14-24)34-22-36(29)27-8-5-4-6-9-27/h7,10,13-14,17-19,22-23,25,27,29-30H,4-6,8-9,11-12,15-16,20-21H2,1-3H3. The fraction of sp³-hybridized carbons (Fsp3) is 0.625. The zero-order chi connectivity index (χ0) is 27.4. The highest BCUT2D eigenvalue weighted by molar-refractivity contribution is 7.10. The van der Waals surface area contributed by atoms with Crippen molar-refractivity contribution in [1.29, 1.82) is 0 Å². The highest BCUT2D eigenvalue weighted by Crippen LogP contribution is 2.45. The number of carbonyl (C=O) groups is 1. The maximum atomic E-state index is 13.6. The summed E-state index contributed by atoms with van der Waals surface area (Å²) in [4.78, 5) is 25.0. The Balaban J connectivity index is 1.37. The van der Waals surface area contributed by atoms with Crippen molar-refractivity contribution in [3.63, 3.8) is 0 Å². The van der Waals surface area contributed by atoms with E-state index in [1.807, 2.05) is 41.9 Å². The summed E-state index contributed by atoms with van der Waals surface area (Å²) in [6.07, 6.45) is 14.6. The maximum Gasteiger partial charge on any atom is 0.336 e. The minimum atomic E-state index is -0.917.